The lowest BCUT2D eigenvalue weighted by Crippen LogP contribution is -2.29. The number of benzene rings is 1. The molecule has 0 spiro atoms. The molecule has 2 aromatic heterocycles. The van der Waals surface area contributed by atoms with Crippen LogP contribution in [0.4, 0.5) is 10.6 Å². The van der Waals surface area contributed by atoms with Crippen LogP contribution < -0.4 is 10.6 Å². The number of imidazole rings is 1. The molecule has 2 fully saturated rings. The van der Waals surface area contributed by atoms with Gasteiger partial charge in [0.05, 0.1) is 25.1 Å². The summed E-state index contributed by atoms with van der Waals surface area (Å²) in [6.45, 7) is 2.08. The third-order valence-electron chi connectivity index (χ3n) is 6.04. The van der Waals surface area contributed by atoms with Gasteiger partial charge in [-0.1, -0.05) is 36.4 Å². The number of hydrogen-bond donors (Lipinski definition) is 2. The minimum atomic E-state index is -0.531. The van der Waals surface area contributed by atoms with Crippen molar-refractivity contribution in [3.05, 3.63) is 54.6 Å². The lowest BCUT2D eigenvalue weighted by atomic mass is 10.1. The SMILES string of the molecule is CCNC(=O)Nc1ncnc2c1ncn2C1CC(C[O])[C@H]2O[C@@H](C=Cc3ccccc3)OC12. The second-order valence-corrected chi connectivity index (χ2v) is 8.10. The summed E-state index contributed by atoms with van der Waals surface area (Å²) in [6, 6.07) is 9.37. The molecular formula is C23H25N6O4. The highest BCUT2D eigenvalue weighted by molar-refractivity contribution is 5.95. The molecule has 0 bridgehead atoms. The van der Waals surface area contributed by atoms with Crippen molar-refractivity contribution < 1.29 is 19.4 Å². The molecule has 3 heterocycles. The van der Waals surface area contributed by atoms with E-state index < -0.39 is 6.29 Å². The Morgan fingerprint density at radius 1 is 1.18 bits per heavy atom. The molecule has 33 heavy (non-hydrogen) atoms. The number of nitrogens with zero attached hydrogens (tertiary/aromatic N) is 4. The second-order valence-electron chi connectivity index (χ2n) is 8.10. The van der Waals surface area contributed by atoms with Crippen molar-refractivity contribution in [1.82, 2.24) is 24.8 Å². The Morgan fingerprint density at radius 2 is 2.00 bits per heavy atom. The molecule has 3 aromatic rings. The predicted molar refractivity (Wildman–Crippen MR) is 120 cm³/mol. The average Bonchev–Trinajstić information content (AvgIpc) is 3.52. The number of urea groups is 1. The van der Waals surface area contributed by atoms with Gasteiger partial charge in [0.15, 0.2) is 23.3 Å². The Hall–Kier alpha value is -3.34. The van der Waals surface area contributed by atoms with E-state index in [4.69, 9.17) is 9.47 Å². The summed E-state index contributed by atoms with van der Waals surface area (Å²) in [4.78, 5) is 24.9. The number of nitrogens with one attached hydrogen (secondary N) is 2. The van der Waals surface area contributed by atoms with Crippen molar-refractivity contribution in [3.8, 4) is 0 Å². The molecule has 1 aliphatic heterocycles. The lowest BCUT2D eigenvalue weighted by Gasteiger charge is -2.19. The van der Waals surface area contributed by atoms with Crippen LogP contribution in [-0.4, -0.2) is 57.2 Å². The van der Waals surface area contributed by atoms with Crippen LogP contribution in [-0.2, 0) is 14.6 Å². The molecule has 1 saturated carbocycles. The Morgan fingerprint density at radius 3 is 2.79 bits per heavy atom. The first kappa shape index (κ1) is 21.5. The number of hydrogen-bond acceptors (Lipinski definition) is 6. The van der Waals surface area contributed by atoms with Crippen LogP contribution in [0.3, 0.4) is 0 Å². The van der Waals surface area contributed by atoms with Crippen LogP contribution in [0.2, 0.25) is 0 Å². The van der Waals surface area contributed by atoms with E-state index >= 15 is 0 Å². The average molecular weight is 449 g/mol. The summed E-state index contributed by atoms with van der Waals surface area (Å²) < 4.78 is 14.2. The van der Waals surface area contributed by atoms with Crippen molar-refractivity contribution in [1.29, 1.82) is 0 Å². The van der Waals surface area contributed by atoms with E-state index in [2.05, 4.69) is 25.6 Å². The number of carbonyl (C=O) groups is 1. The van der Waals surface area contributed by atoms with Gasteiger partial charge in [0.1, 0.15) is 12.4 Å². The molecule has 1 aliphatic carbocycles. The number of fused-ring (bicyclic) bond motifs is 2. The predicted octanol–water partition coefficient (Wildman–Crippen LogP) is 2.78. The molecule has 3 unspecified atom stereocenters. The normalized spacial score (nSPS) is 26.7. The summed E-state index contributed by atoms with van der Waals surface area (Å²) in [5.41, 5.74) is 2.09. The largest absolute Gasteiger partial charge is 0.342 e. The van der Waals surface area contributed by atoms with Gasteiger partial charge >= 0.3 is 6.03 Å². The van der Waals surface area contributed by atoms with Crippen LogP contribution in [0.1, 0.15) is 24.9 Å². The standard InChI is InChI=1S/C23H25N6O4/c1-2-24-23(31)28-21-18-22(26-12-25-21)29(13-27-18)16-10-15(11-30)19-20(16)33-17(32-19)9-8-14-6-4-3-5-7-14/h3-9,12-13,15-17,19-20H,2,10-11H2,1H3,(H2,24,25,26,28,31)/t15?,16?,17-,19-,20?/m1/s1. The smallest absolute Gasteiger partial charge is 0.320 e. The first-order valence-corrected chi connectivity index (χ1v) is 11.0. The molecule has 1 aromatic carbocycles. The molecule has 10 heteroatoms. The van der Waals surface area contributed by atoms with Gasteiger partial charge in [-0.15, -0.1) is 0 Å². The van der Waals surface area contributed by atoms with Gasteiger partial charge in [0, 0.05) is 12.5 Å². The molecule has 2 amide bonds. The molecular weight excluding hydrogens is 424 g/mol. The summed E-state index contributed by atoms with van der Waals surface area (Å²) in [6.07, 6.45) is 6.33. The lowest BCUT2D eigenvalue weighted by molar-refractivity contribution is -0.0567. The third kappa shape index (κ3) is 4.20. The first-order valence-electron chi connectivity index (χ1n) is 11.0. The first-order chi connectivity index (χ1) is 16.2. The minimum absolute atomic E-state index is 0.165. The maximum absolute atomic E-state index is 12.0. The monoisotopic (exact) mass is 449 g/mol. The van der Waals surface area contributed by atoms with Crippen molar-refractivity contribution in [2.24, 2.45) is 5.92 Å². The summed E-state index contributed by atoms with van der Waals surface area (Å²) in [5.74, 6) is 0.147. The number of rotatable bonds is 6. The molecule has 171 valence electrons. The molecule has 2 N–H and O–H groups in total. The van der Waals surface area contributed by atoms with Crippen LogP contribution in [0, 0.1) is 5.92 Å². The Bertz CT molecular complexity index is 1150. The fourth-order valence-electron chi connectivity index (χ4n) is 4.54. The van der Waals surface area contributed by atoms with E-state index in [1.807, 2.05) is 54.0 Å². The Balaban J connectivity index is 1.39. The van der Waals surface area contributed by atoms with Crippen molar-refractivity contribution in [2.75, 3.05) is 18.5 Å². The molecule has 5 atom stereocenters. The number of carbonyl (C=O) groups excluding carboxylic acids is 1. The van der Waals surface area contributed by atoms with Crippen molar-refractivity contribution in [2.45, 2.75) is 37.9 Å². The molecule has 5 rings (SSSR count). The van der Waals surface area contributed by atoms with Gasteiger partial charge in [-0.3, -0.25) is 5.32 Å². The second kappa shape index (κ2) is 9.26. The van der Waals surface area contributed by atoms with Gasteiger partial charge in [0.25, 0.3) is 0 Å². The maximum Gasteiger partial charge on any atom is 0.320 e. The van der Waals surface area contributed by atoms with Crippen molar-refractivity contribution >= 4 is 29.1 Å². The van der Waals surface area contributed by atoms with E-state index in [1.165, 1.54) is 6.33 Å². The van der Waals surface area contributed by atoms with Gasteiger partial charge < -0.3 is 19.4 Å². The molecule has 1 saturated heterocycles. The van der Waals surface area contributed by atoms with E-state index in [-0.39, 0.29) is 36.8 Å². The summed E-state index contributed by atoms with van der Waals surface area (Å²) in [5, 5.41) is 17.3. The van der Waals surface area contributed by atoms with Crippen LogP contribution in [0.25, 0.3) is 17.2 Å². The topological polar surface area (TPSA) is 123 Å². The van der Waals surface area contributed by atoms with Crippen molar-refractivity contribution in [3.63, 3.8) is 0 Å². The number of anilines is 1. The number of amides is 2. The van der Waals surface area contributed by atoms with E-state index in [0.29, 0.717) is 29.9 Å². The van der Waals surface area contributed by atoms with Crippen LogP contribution >= 0.6 is 0 Å². The van der Waals surface area contributed by atoms with Crippen LogP contribution in [0.15, 0.2) is 49.1 Å². The fraction of sp³-hybridized carbons (Fsp3) is 0.391. The minimum Gasteiger partial charge on any atom is -0.342 e. The van der Waals surface area contributed by atoms with E-state index in [1.54, 1.807) is 6.33 Å². The highest BCUT2D eigenvalue weighted by Crippen LogP contribution is 2.45. The zero-order chi connectivity index (χ0) is 22.8. The zero-order valence-electron chi connectivity index (χ0n) is 18.1. The van der Waals surface area contributed by atoms with E-state index in [0.717, 1.165) is 5.56 Å². The van der Waals surface area contributed by atoms with Gasteiger partial charge in [0.2, 0.25) is 0 Å². The molecule has 10 nitrogen and oxygen atoms in total. The Kier molecular flexibility index (Phi) is 6.03. The fourth-order valence-corrected chi connectivity index (χ4v) is 4.54. The van der Waals surface area contributed by atoms with Gasteiger partial charge in [-0.05, 0) is 25.0 Å². The molecule has 1 radical (unpaired) electrons. The summed E-state index contributed by atoms with van der Waals surface area (Å²) >= 11 is 0. The highest BCUT2D eigenvalue weighted by Gasteiger charge is 2.51. The maximum atomic E-state index is 12.0. The Labute approximate surface area is 190 Å². The van der Waals surface area contributed by atoms with Gasteiger partial charge in [-0.25, -0.2) is 24.9 Å². The number of ether oxygens (including phenoxy) is 2. The summed E-state index contributed by atoms with van der Waals surface area (Å²) in [7, 11) is 0. The van der Waals surface area contributed by atoms with E-state index in [9.17, 15) is 9.90 Å². The highest BCUT2D eigenvalue weighted by atomic mass is 16.7. The quantitative estimate of drug-likeness (QED) is 0.597. The zero-order valence-corrected chi connectivity index (χ0v) is 18.1. The number of aromatic nitrogens is 4. The third-order valence-corrected chi connectivity index (χ3v) is 6.04. The van der Waals surface area contributed by atoms with Gasteiger partial charge in [-0.2, -0.15) is 0 Å². The van der Waals surface area contributed by atoms with Crippen LogP contribution in [0.5, 0.6) is 0 Å². The molecule has 2 aliphatic rings.